The molecule has 0 saturated carbocycles. The fourth-order valence-electron chi connectivity index (χ4n) is 3.95. The highest BCUT2D eigenvalue weighted by Crippen LogP contribution is 2.38. The number of carbonyl (C=O) groups is 2. The maximum atomic E-state index is 12.9. The van der Waals surface area contributed by atoms with E-state index in [1.165, 1.54) is 11.8 Å². The molecule has 2 aliphatic rings. The Hall–Kier alpha value is -2.67. The van der Waals surface area contributed by atoms with Crippen LogP contribution in [-0.2, 0) is 9.59 Å². The van der Waals surface area contributed by atoms with Crippen molar-refractivity contribution < 1.29 is 19.1 Å². The summed E-state index contributed by atoms with van der Waals surface area (Å²) in [6.45, 7) is 4.05. The molecule has 1 atom stereocenters. The van der Waals surface area contributed by atoms with Crippen molar-refractivity contribution in [3.05, 3.63) is 53.6 Å². The Morgan fingerprint density at radius 1 is 1.03 bits per heavy atom. The predicted molar refractivity (Wildman–Crippen MR) is 123 cm³/mol. The second-order valence-electron chi connectivity index (χ2n) is 7.91. The van der Waals surface area contributed by atoms with Crippen LogP contribution in [0, 0.1) is 6.92 Å². The fourth-order valence-corrected chi connectivity index (χ4v) is 4.65. The summed E-state index contributed by atoms with van der Waals surface area (Å²) in [4.78, 5) is 27.0. The summed E-state index contributed by atoms with van der Waals surface area (Å²) in [5.74, 6) is 2.05. The number of fused-ring (bicyclic) bond motifs is 1. The summed E-state index contributed by atoms with van der Waals surface area (Å²) in [7, 11) is 0. The van der Waals surface area contributed by atoms with Crippen molar-refractivity contribution in [1.29, 1.82) is 0 Å². The molecule has 0 aliphatic carbocycles. The van der Waals surface area contributed by atoms with Gasteiger partial charge in [-0.05, 0) is 49.6 Å². The molecular weight excluding hydrogens is 412 g/mol. The third kappa shape index (κ3) is 5.53. The minimum atomic E-state index is -0.0949. The van der Waals surface area contributed by atoms with Crippen molar-refractivity contribution in [3.8, 4) is 11.5 Å². The third-order valence-electron chi connectivity index (χ3n) is 5.52. The lowest BCUT2D eigenvalue weighted by atomic mass is 10.0. The van der Waals surface area contributed by atoms with E-state index in [0.29, 0.717) is 19.0 Å². The molecule has 1 N–H and O–H groups in total. The number of anilines is 1. The van der Waals surface area contributed by atoms with Gasteiger partial charge < -0.3 is 19.7 Å². The number of ether oxygens (including phenoxy) is 2. The number of amides is 2. The molecule has 2 heterocycles. The molecule has 2 aromatic rings. The van der Waals surface area contributed by atoms with Gasteiger partial charge >= 0.3 is 0 Å². The highest BCUT2D eigenvalue weighted by molar-refractivity contribution is 8.00. The molecule has 2 amide bonds. The average molecular weight is 441 g/mol. The van der Waals surface area contributed by atoms with Crippen molar-refractivity contribution in [2.24, 2.45) is 0 Å². The molecule has 2 aromatic carbocycles. The van der Waals surface area contributed by atoms with E-state index in [4.69, 9.17) is 9.47 Å². The molecule has 31 heavy (non-hydrogen) atoms. The second-order valence-corrected chi connectivity index (χ2v) is 8.89. The van der Waals surface area contributed by atoms with Crippen LogP contribution in [0.5, 0.6) is 11.5 Å². The van der Waals surface area contributed by atoms with Gasteiger partial charge in [0.2, 0.25) is 11.8 Å². The molecule has 6 nitrogen and oxygen atoms in total. The number of nitrogens with zero attached hydrogens (tertiary/aromatic N) is 1. The SMILES string of the molecule is Cc1ccc(NC(=O)CSCC(=O)N2CCCC2c2ccc3c(c2)OCCCO3)cc1. The number of rotatable bonds is 6. The molecule has 0 bridgehead atoms. The van der Waals surface area contributed by atoms with Crippen molar-refractivity contribution in [2.45, 2.75) is 32.2 Å². The maximum absolute atomic E-state index is 12.9. The van der Waals surface area contributed by atoms with Crippen LogP contribution >= 0.6 is 11.8 Å². The van der Waals surface area contributed by atoms with Crippen LogP contribution in [0.2, 0.25) is 0 Å². The van der Waals surface area contributed by atoms with Gasteiger partial charge in [0.05, 0.1) is 30.8 Å². The van der Waals surface area contributed by atoms with Crippen LogP contribution in [0.25, 0.3) is 0 Å². The largest absolute Gasteiger partial charge is 0.490 e. The van der Waals surface area contributed by atoms with Crippen LogP contribution in [0.1, 0.15) is 36.4 Å². The lowest BCUT2D eigenvalue weighted by Crippen LogP contribution is -2.32. The van der Waals surface area contributed by atoms with E-state index in [-0.39, 0.29) is 23.6 Å². The zero-order chi connectivity index (χ0) is 21.6. The molecule has 164 valence electrons. The highest BCUT2D eigenvalue weighted by atomic mass is 32.2. The second kappa shape index (κ2) is 10.1. The summed E-state index contributed by atoms with van der Waals surface area (Å²) in [5.41, 5.74) is 3.00. The molecule has 2 aliphatic heterocycles. The molecule has 1 fully saturated rings. The molecular formula is C24H28N2O4S. The number of hydrogen-bond donors (Lipinski definition) is 1. The van der Waals surface area contributed by atoms with Crippen LogP contribution in [0.4, 0.5) is 5.69 Å². The Labute approximate surface area is 187 Å². The lowest BCUT2D eigenvalue weighted by molar-refractivity contribution is -0.129. The number of benzene rings is 2. The first kappa shape index (κ1) is 21.6. The van der Waals surface area contributed by atoms with E-state index >= 15 is 0 Å². The Bertz CT molecular complexity index is 932. The first-order valence-corrected chi connectivity index (χ1v) is 11.9. The molecule has 7 heteroatoms. The molecule has 0 spiro atoms. The number of nitrogens with one attached hydrogen (secondary N) is 1. The summed E-state index contributed by atoms with van der Waals surface area (Å²) in [5, 5.41) is 2.87. The van der Waals surface area contributed by atoms with Crippen LogP contribution < -0.4 is 14.8 Å². The quantitative estimate of drug-likeness (QED) is 0.730. The van der Waals surface area contributed by atoms with Crippen molar-refractivity contribution >= 4 is 29.3 Å². The van der Waals surface area contributed by atoms with Crippen LogP contribution in [0.15, 0.2) is 42.5 Å². The van der Waals surface area contributed by atoms with E-state index in [1.807, 2.05) is 54.3 Å². The van der Waals surface area contributed by atoms with Crippen LogP contribution in [0.3, 0.4) is 0 Å². The van der Waals surface area contributed by atoms with Gasteiger partial charge in [-0.2, -0.15) is 0 Å². The Kier molecular flexibility index (Phi) is 7.02. The number of thioether (sulfide) groups is 1. The van der Waals surface area contributed by atoms with Gasteiger partial charge in [0.15, 0.2) is 11.5 Å². The Morgan fingerprint density at radius 3 is 2.61 bits per heavy atom. The van der Waals surface area contributed by atoms with Gasteiger partial charge in [0, 0.05) is 18.7 Å². The molecule has 4 rings (SSSR count). The van der Waals surface area contributed by atoms with Crippen molar-refractivity contribution in [2.75, 3.05) is 36.6 Å². The van der Waals surface area contributed by atoms with Crippen LogP contribution in [-0.4, -0.2) is 48.0 Å². The number of hydrogen-bond acceptors (Lipinski definition) is 5. The lowest BCUT2D eigenvalue weighted by Gasteiger charge is -2.25. The summed E-state index contributed by atoms with van der Waals surface area (Å²) < 4.78 is 11.5. The summed E-state index contributed by atoms with van der Waals surface area (Å²) in [6.07, 6.45) is 2.78. The monoisotopic (exact) mass is 440 g/mol. The summed E-state index contributed by atoms with van der Waals surface area (Å²) in [6, 6.07) is 13.7. The normalized spacial score (nSPS) is 17.8. The minimum absolute atomic E-state index is 0.0478. The van der Waals surface area contributed by atoms with Gasteiger partial charge in [-0.25, -0.2) is 0 Å². The standard InChI is InChI=1S/C24H28N2O4S/c1-17-5-8-19(9-6-17)25-23(27)15-31-16-24(28)26-11-2-4-20(26)18-7-10-21-22(14-18)30-13-3-12-29-21/h5-10,14,20H,2-4,11-13,15-16H2,1H3,(H,25,27). The Balaban J connectivity index is 1.30. The molecule has 1 saturated heterocycles. The fraction of sp³-hybridized carbons (Fsp3) is 0.417. The van der Waals surface area contributed by atoms with Gasteiger partial charge in [-0.1, -0.05) is 23.8 Å². The smallest absolute Gasteiger partial charge is 0.234 e. The van der Waals surface area contributed by atoms with E-state index in [2.05, 4.69) is 5.32 Å². The molecule has 1 unspecified atom stereocenters. The zero-order valence-corrected chi connectivity index (χ0v) is 18.6. The first-order chi connectivity index (χ1) is 15.1. The van der Waals surface area contributed by atoms with Gasteiger partial charge in [-0.3, -0.25) is 9.59 Å². The molecule has 0 aromatic heterocycles. The number of carbonyl (C=O) groups excluding carboxylic acids is 2. The number of aryl methyl sites for hydroxylation is 1. The Morgan fingerprint density at radius 2 is 1.81 bits per heavy atom. The summed E-state index contributed by atoms with van der Waals surface area (Å²) >= 11 is 1.35. The van der Waals surface area contributed by atoms with E-state index in [1.54, 1.807) is 0 Å². The van der Waals surface area contributed by atoms with E-state index < -0.39 is 0 Å². The molecule has 0 radical (unpaired) electrons. The van der Waals surface area contributed by atoms with E-state index in [0.717, 1.165) is 54.1 Å². The first-order valence-electron chi connectivity index (χ1n) is 10.7. The van der Waals surface area contributed by atoms with Crippen molar-refractivity contribution in [3.63, 3.8) is 0 Å². The van der Waals surface area contributed by atoms with Gasteiger partial charge in [0.25, 0.3) is 0 Å². The minimum Gasteiger partial charge on any atom is -0.490 e. The van der Waals surface area contributed by atoms with Gasteiger partial charge in [0.1, 0.15) is 0 Å². The topological polar surface area (TPSA) is 67.9 Å². The average Bonchev–Trinajstić information content (AvgIpc) is 3.14. The van der Waals surface area contributed by atoms with E-state index in [9.17, 15) is 9.59 Å². The predicted octanol–water partition coefficient (Wildman–Crippen LogP) is 4.19. The maximum Gasteiger partial charge on any atom is 0.234 e. The third-order valence-corrected chi connectivity index (χ3v) is 6.44. The zero-order valence-electron chi connectivity index (χ0n) is 17.8. The van der Waals surface area contributed by atoms with Gasteiger partial charge in [-0.15, -0.1) is 11.8 Å². The highest BCUT2D eigenvalue weighted by Gasteiger charge is 2.30. The van der Waals surface area contributed by atoms with Crippen molar-refractivity contribution in [1.82, 2.24) is 4.90 Å². The number of likely N-dealkylation sites (tertiary alicyclic amines) is 1.